The zero-order valence-corrected chi connectivity index (χ0v) is 17.2. The smallest absolute Gasteiger partial charge is 0.0600 e. The van der Waals surface area contributed by atoms with Crippen LogP contribution in [0, 0.1) is 0 Å². The van der Waals surface area contributed by atoms with Crippen molar-refractivity contribution in [1.82, 2.24) is 0 Å². The molecular formula is C26H30N2. The summed E-state index contributed by atoms with van der Waals surface area (Å²) in [7, 11) is 4.28. The van der Waals surface area contributed by atoms with Gasteiger partial charge in [-0.3, -0.25) is 0 Å². The summed E-state index contributed by atoms with van der Waals surface area (Å²) in [5, 5.41) is 3.90. The Balaban J connectivity index is 1.68. The van der Waals surface area contributed by atoms with Crippen LogP contribution in [-0.4, -0.2) is 20.1 Å². The standard InChI is InChI=1S/C26H30N2/c1-4-10-22(15-19-11-6-5-7-12-19)27-25-18-24-21(17-26(25)28(2)3)16-20-13-8-9-14-23(20)24/h5-9,11-14,17-18,22,27H,4,10,15-16H2,1-3H3. The number of benzene rings is 3. The van der Waals surface area contributed by atoms with E-state index in [0.29, 0.717) is 6.04 Å². The van der Waals surface area contributed by atoms with Gasteiger partial charge in [0.2, 0.25) is 0 Å². The summed E-state index contributed by atoms with van der Waals surface area (Å²) in [6.07, 6.45) is 4.43. The third kappa shape index (κ3) is 3.77. The van der Waals surface area contributed by atoms with Gasteiger partial charge in [-0.05, 0) is 59.2 Å². The molecule has 28 heavy (non-hydrogen) atoms. The number of rotatable bonds is 7. The quantitative estimate of drug-likeness (QED) is 0.420. The van der Waals surface area contributed by atoms with Crippen LogP contribution in [0.2, 0.25) is 0 Å². The van der Waals surface area contributed by atoms with Crippen LogP contribution in [0.25, 0.3) is 11.1 Å². The number of nitrogens with one attached hydrogen (secondary N) is 1. The van der Waals surface area contributed by atoms with Crippen LogP contribution in [0.4, 0.5) is 11.4 Å². The van der Waals surface area contributed by atoms with E-state index in [1.807, 2.05) is 0 Å². The molecule has 0 bridgehead atoms. The number of hydrogen-bond acceptors (Lipinski definition) is 2. The second-order valence-electron chi connectivity index (χ2n) is 8.07. The lowest BCUT2D eigenvalue weighted by Crippen LogP contribution is -2.24. The number of hydrogen-bond donors (Lipinski definition) is 1. The highest BCUT2D eigenvalue weighted by atomic mass is 15.1. The van der Waals surface area contributed by atoms with E-state index in [-0.39, 0.29) is 0 Å². The van der Waals surface area contributed by atoms with Gasteiger partial charge in [-0.1, -0.05) is 67.9 Å². The molecule has 1 N–H and O–H groups in total. The summed E-state index contributed by atoms with van der Waals surface area (Å²) in [5.74, 6) is 0. The number of fused-ring (bicyclic) bond motifs is 3. The van der Waals surface area contributed by atoms with E-state index in [9.17, 15) is 0 Å². The summed E-state index contributed by atoms with van der Waals surface area (Å²) in [6.45, 7) is 2.27. The number of anilines is 2. The second kappa shape index (κ2) is 8.10. The Morgan fingerprint density at radius 2 is 1.64 bits per heavy atom. The topological polar surface area (TPSA) is 15.3 Å². The highest BCUT2D eigenvalue weighted by Crippen LogP contribution is 2.42. The second-order valence-corrected chi connectivity index (χ2v) is 8.07. The molecule has 3 aromatic rings. The Morgan fingerprint density at radius 3 is 2.39 bits per heavy atom. The lowest BCUT2D eigenvalue weighted by molar-refractivity contribution is 0.637. The average Bonchev–Trinajstić information content (AvgIpc) is 3.06. The molecule has 1 atom stereocenters. The van der Waals surface area contributed by atoms with Crippen LogP contribution in [0.3, 0.4) is 0 Å². The molecule has 1 unspecified atom stereocenters. The third-order valence-electron chi connectivity index (χ3n) is 5.71. The van der Waals surface area contributed by atoms with Crippen molar-refractivity contribution < 1.29 is 0 Å². The van der Waals surface area contributed by atoms with Crippen molar-refractivity contribution >= 4 is 11.4 Å². The molecule has 0 radical (unpaired) electrons. The molecule has 1 aliphatic carbocycles. The molecule has 0 saturated heterocycles. The molecule has 0 heterocycles. The lowest BCUT2D eigenvalue weighted by atomic mass is 10.00. The molecule has 0 fully saturated rings. The lowest BCUT2D eigenvalue weighted by Gasteiger charge is -2.25. The minimum atomic E-state index is 0.431. The van der Waals surface area contributed by atoms with Crippen molar-refractivity contribution in [3.05, 3.63) is 83.4 Å². The van der Waals surface area contributed by atoms with Gasteiger partial charge in [0.25, 0.3) is 0 Å². The van der Waals surface area contributed by atoms with Gasteiger partial charge in [0.15, 0.2) is 0 Å². The van der Waals surface area contributed by atoms with Gasteiger partial charge < -0.3 is 10.2 Å². The van der Waals surface area contributed by atoms with Crippen LogP contribution in [-0.2, 0) is 12.8 Å². The number of nitrogens with zero attached hydrogens (tertiary/aromatic N) is 1. The van der Waals surface area contributed by atoms with E-state index in [2.05, 4.69) is 98.0 Å². The van der Waals surface area contributed by atoms with Gasteiger partial charge in [-0.25, -0.2) is 0 Å². The molecule has 0 saturated carbocycles. The fourth-order valence-electron chi connectivity index (χ4n) is 4.35. The van der Waals surface area contributed by atoms with Gasteiger partial charge in [0, 0.05) is 20.1 Å². The first-order valence-corrected chi connectivity index (χ1v) is 10.4. The third-order valence-corrected chi connectivity index (χ3v) is 5.71. The maximum Gasteiger partial charge on any atom is 0.0600 e. The molecule has 4 rings (SSSR count). The fraction of sp³-hybridized carbons (Fsp3) is 0.308. The minimum absolute atomic E-state index is 0.431. The molecule has 144 valence electrons. The van der Waals surface area contributed by atoms with Crippen molar-refractivity contribution in [2.75, 3.05) is 24.3 Å². The van der Waals surface area contributed by atoms with E-state index in [0.717, 1.165) is 19.3 Å². The summed E-state index contributed by atoms with van der Waals surface area (Å²) in [5.41, 5.74) is 9.57. The van der Waals surface area contributed by atoms with Crippen LogP contribution < -0.4 is 10.2 Å². The van der Waals surface area contributed by atoms with E-state index < -0.39 is 0 Å². The molecule has 2 nitrogen and oxygen atoms in total. The van der Waals surface area contributed by atoms with Gasteiger partial charge in [0.1, 0.15) is 0 Å². The Hall–Kier alpha value is -2.74. The molecule has 0 aliphatic heterocycles. The van der Waals surface area contributed by atoms with Crippen LogP contribution >= 0.6 is 0 Å². The van der Waals surface area contributed by atoms with Crippen LogP contribution in [0.5, 0.6) is 0 Å². The Morgan fingerprint density at radius 1 is 0.893 bits per heavy atom. The fourth-order valence-corrected chi connectivity index (χ4v) is 4.35. The monoisotopic (exact) mass is 370 g/mol. The van der Waals surface area contributed by atoms with E-state index in [4.69, 9.17) is 0 Å². The predicted octanol–water partition coefficient (Wildman–Crippen LogP) is 6.15. The van der Waals surface area contributed by atoms with Gasteiger partial charge >= 0.3 is 0 Å². The molecular weight excluding hydrogens is 340 g/mol. The largest absolute Gasteiger partial charge is 0.380 e. The zero-order valence-electron chi connectivity index (χ0n) is 17.2. The Kier molecular flexibility index (Phi) is 5.38. The van der Waals surface area contributed by atoms with Crippen molar-refractivity contribution in [2.45, 2.75) is 38.6 Å². The molecule has 0 amide bonds. The zero-order chi connectivity index (χ0) is 19.5. The summed E-state index contributed by atoms with van der Waals surface area (Å²) in [6, 6.07) is 24.8. The van der Waals surface area contributed by atoms with E-state index in [1.54, 1.807) is 0 Å². The predicted molar refractivity (Wildman–Crippen MR) is 121 cm³/mol. The summed E-state index contributed by atoms with van der Waals surface area (Å²) < 4.78 is 0. The maximum atomic E-state index is 3.90. The summed E-state index contributed by atoms with van der Waals surface area (Å²) >= 11 is 0. The average molecular weight is 371 g/mol. The van der Waals surface area contributed by atoms with Crippen LogP contribution in [0.15, 0.2) is 66.7 Å². The van der Waals surface area contributed by atoms with Crippen LogP contribution in [0.1, 0.15) is 36.5 Å². The first-order valence-electron chi connectivity index (χ1n) is 10.4. The van der Waals surface area contributed by atoms with Crippen molar-refractivity contribution in [1.29, 1.82) is 0 Å². The van der Waals surface area contributed by atoms with Crippen molar-refractivity contribution in [3.8, 4) is 11.1 Å². The van der Waals surface area contributed by atoms with E-state index in [1.165, 1.54) is 45.6 Å². The Labute approximate surface area is 169 Å². The molecule has 0 spiro atoms. The van der Waals surface area contributed by atoms with Crippen molar-refractivity contribution in [3.63, 3.8) is 0 Å². The highest BCUT2D eigenvalue weighted by molar-refractivity contribution is 5.85. The van der Waals surface area contributed by atoms with Gasteiger partial charge in [0.05, 0.1) is 11.4 Å². The van der Waals surface area contributed by atoms with Gasteiger partial charge in [-0.2, -0.15) is 0 Å². The highest BCUT2D eigenvalue weighted by Gasteiger charge is 2.22. The Bertz CT molecular complexity index is 944. The van der Waals surface area contributed by atoms with E-state index >= 15 is 0 Å². The molecule has 1 aliphatic rings. The molecule has 2 heteroatoms. The first kappa shape index (κ1) is 18.6. The normalized spacial score (nSPS) is 13.0. The first-order chi connectivity index (χ1) is 13.7. The van der Waals surface area contributed by atoms with Gasteiger partial charge in [-0.15, -0.1) is 0 Å². The minimum Gasteiger partial charge on any atom is -0.380 e. The SMILES string of the molecule is CCCC(Cc1ccccc1)Nc1cc2c(cc1N(C)C)Cc1ccccc1-2. The van der Waals surface area contributed by atoms with Crippen molar-refractivity contribution in [2.24, 2.45) is 0 Å². The molecule has 0 aromatic heterocycles. The molecule has 3 aromatic carbocycles. The summed E-state index contributed by atoms with van der Waals surface area (Å²) in [4.78, 5) is 2.23. The maximum absolute atomic E-state index is 3.90.